The third-order valence-electron chi connectivity index (χ3n) is 2.59. The third kappa shape index (κ3) is 3.57. The van der Waals surface area contributed by atoms with Gasteiger partial charge in [0, 0.05) is 17.4 Å². The van der Waals surface area contributed by atoms with Crippen LogP contribution in [-0.4, -0.2) is 35.6 Å². The molecule has 0 aromatic heterocycles. The van der Waals surface area contributed by atoms with Crippen molar-refractivity contribution < 1.29 is 14.3 Å². The van der Waals surface area contributed by atoms with Crippen molar-refractivity contribution in [1.29, 1.82) is 0 Å². The number of thiol groups is 1. The van der Waals surface area contributed by atoms with Gasteiger partial charge in [0.2, 0.25) is 0 Å². The number of carbonyl (C=O) groups excluding carboxylic acids is 1. The molecular formula is C10H18O3S2. The fourth-order valence-electron chi connectivity index (χ4n) is 1.59. The molecule has 1 aliphatic heterocycles. The predicted molar refractivity (Wildman–Crippen MR) is 65.5 cm³/mol. The van der Waals surface area contributed by atoms with E-state index in [0.717, 1.165) is 25.2 Å². The average molecular weight is 250 g/mol. The van der Waals surface area contributed by atoms with Gasteiger partial charge in [-0.05, 0) is 12.8 Å². The van der Waals surface area contributed by atoms with Crippen LogP contribution in [0.3, 0.4) is 0 Å². The van der Waals surface area contributed by atoms with Crippen molar-refractivity contribution in [3.8, 4) is 0 Å². The van der Waals surface area contributed by atoms with E-state index in [2.05, 4.69) is 24.3 Å². The molecule has 0 saturated carbocycles. The predicted octanol–water partition coefficient (Wildman–Crippen LogP) is 2.11. The summed E-state index contributed by atoms with van der Waals surface area (Å²) in [6, 6.07) is 0. The summed E-state index contributed by atoms with van der Waals surface area (Å²) in [6.45, 7) is 2.83. The lowest BCUT2D eigenvalue weighted by atomic mass is 10.1. The van der Waals surface area contributed by atoms with Gasteiger partial charge in [-0.15, -0.1) is 11.8 Å². The van der Waals surface area contributed by atoms with Gasteiger partial charge in [0.1, 0.15) is 4.93 Å². The van der Waals surface area contributed by atoms with Crippen LogP contribution < -0.4 is 0 Å². The summed E-state index contributed by atoms with van der Waals surface area (Å²) >= 11 is 6.07. The summed E-state index contributed by atoms with van der Waals surface area (Å²) in [5, 5.41) is 0.450. The number of rotatable bonds is 5. The Morgan fingerprint density at radius 3 is 2.93 bits per heavy atom. The highest BCUT2D eigenvalue weighted by atomic mass is 32.2. The standard InChI is InChI=1S/C10H18O3S2/c1-3-10(5-4-9(11)12-2)13-6-8(7-14)15-10/h8,14H,3-7H2,1-2H3. The van der Waals surface area contributed by atoms with Crippen molar-refractivity contribution in [2.45, 2.75) is 36.4 Å². The van der Waals surface area contributed by atoms with E-state index in [9.17, 15) is 4.79 Å². The van der Waals surface area contributed by atoms with Crippen LogP contribution in [-0.2, 0) is 14.3 Å². The molecule has 2 atom stereocenters. The second-order valence-electron chi connectivity index (χ2n) is 3.57. The number of ether oxygens (including phenoxy) is 2. The molecule has 0 aromatic rings. The highest BCUT2D eigenvalue weighted by Crippen LogP contribution is 2.44. The minimum Gasteiger partial charge on any atom is -0.469 e. The summed E-state index contributed by atoms with van der Waals surface area (Å²) in [7, 11) is 1.42. The summed E-state index contributed by atoms with van der Waals surface area (Å²) in [5.74, 6) is 0.659. The van der Waals surface area contributed by atoms with Gasteiger partial charge in [0.25, 0.3) is 0 Å². The van der Waals surface area contributed by atoms with Gasteiger partial charge in [-0.3, -0.25) is 4.79 Å². The molecule has 88 valence electrons. The first-order valence-electron chi connectivity index (χ1n) is 5.15. The number of methoxy groups -OCH3 is 1. The van der Waals surface area contributed by atoms with Crippen LogP contribution in [0.25, 0.3) is 0 Å². The lowest BCUT2D eigenvalue weighted by Crippen LogP contribution is -2.24. The molecule has 0 aliphatic carbocycles. The van der Waals surface area contributed by atoms with Crippen molar-refractivity contribution in [2.24, 2.45) is 0 Å². The van der Waals surface area contributed by atoms with Gasteiger partial charge in [-0.1, -0.05) is 6.92 Å². The van der Waals surface area contributed by atoms with Crippen LogP contribution in [0.1, 0.15) is 26.2 Å². The van der Waals surface area contributed by atoms with Gasteiger partial charge in [-0.2, -0.15) is 12.6 Å². The van der Waals surface area contributed by atoms with Crippen LogP contribution >= 0.6 is 24.4 Å². The number of thioether (sulfide) groups is 1. The highest BCUT2D eigenvalue weighted by Gasteiger charge is 2.39. The quantitative estimate of drug-likeness (QED) is 0.599. The van der Waals surface area contributed by atoms with Crippen molar-refractivity contribution in [3.63, 3.8) is 0 Å². The van der Waals surface area contributed by atoms with E-state index in [1.165, 1.54) is 7.11 Å². The number of hydrogen-bond donors (Lipinski definition) is 1. The lowest BCUT2D eigenvalue weighted by molar-refractivity contribution is -0.141. The van der Waals surface area contributed by atoms with Crippen LogP contribution in [0.15, 0.2) is 0 Å². The first kappa shape index (κ1) is 13.2. The summed E-state index contributed by atoms with van der Waals surface area (Å²) < 4.78 is 10.4. The SMILES string of the molecule is CCC1(CCC(=O)OC)OCC(CS)S1. The molecule has 1 fully saturated rings. The average Bonchev–Trinajstić information content (AvgIpc) is 2.70. The van der Waals surface area contributed by atoms with Crippen molar-refractivity contribution in [1.82, 2.24) is 0 Å². The first-order valence-corrected chi connectivity index (χ1v) is 6.66. The van der Waals surface area contributed by atoms with Gasteiger partial charge in [0.15, 0.2) is 0 Å². The van der Waals surface area contributed by atoms with Crippen LogP contribution in [0, 0.1) is 0 Å². The van der Waals surface area contributed by atoms with E-state index in [-0.39, 0.29) is 10.9 Å². The van der Waals surface area contributed by atoms with Crippen LogP contribution in [0.5, 0.6) is 0 Å². The van der Waals surface area contributed by atoms with Gasteiger partial charge in [-0.25, -0.2) is 0 Å². The van der Waals surface area contributed by atoms with Crippen LogP contribution in [0.2, 0.25) is 0 Å². The van der Waals surface area contributed by atoms with Crippen molar-refractivity contribution in [3.05, 3.63) is 0 Å². The molecule has 1 aliphatic rings. The molecule has 0 bridgehead atoms. The second-order valence-corrected chi connectivity index (χ2v) is 5.59. The Kier molecular flexibility index (Phi) is 5.29. The van der Waals surface area contributed by atoms with Gasteiger partial charge < -0.3 is 9.47 Å². The maximum absolute atomic E-state index is 11.1. The Bertz CT molecular complexity index is 223. The van der Waals surface area contributed by atoms with Crippen LogP contribution in [0.4, 0.5) is 0 Å². The second kappa shape index (κ2) is 6.01. The zero-order valence-corrected chi connectivity index (χ0v) is 10.9. The van der Waals surface area contributed by atoms with E-state index in [1.54, 1.807) is 11.8 Å². The first-order chi connectivity index (χ1) is 7.15. The van der Waals surface area contributed by atoms with E-state index < -0.39 is 0 Å². The summed E-state index contributed by atoms with van der Waals surface area (Å²) in [4.78, 5) is 10.9. The zero-order valence-electron chi connectivity index (χ0n) is 9.19. The minimum absolute atomic E-state index is 0.165. The molecule has 0 radical (unpaired) electrons. The highest BCUT2D eigenvalue weighted by molar-refractivity contribution is 8.02. The molecule has 0 amide bonds. The fraction of sp³-hybridized carbons (Fsp3) is 0.900. The number of carbonyl (C=O) groups is 1. The fourth-order valence-corrected chi connectivity index (χ4v) is 3.26. The molecule has 0 aromatic carbocycles. The number of hydrogen-bond acceptors (Lipinski definition) is 5. The summed E-state index contributed by atoms with van der Waals surface area (Å²) in [5.41, 5.74) is 0. The van der Waals surface area contributed by atoms with Gasteiger partial charge >= 0.3 is 5.97 Å². The maximum Gasteiger partial charge on any atom is 0.305 e. The molecule has 0 N–H and O–H groups in total. The van der Waals surface area contributed by atoms with E-state index in [1.807, 2.05) is 0 Å². The minimum atomic E-state index is -0.193. The van der Waals surface area contributed by atoms with Gasteiger partial charge in [0.05, 0.1) is 13.7 Å². The lowest BCUT2D eigenvalue weighted by Gasteiger charge is -2.25. The molecule has 0 spiro atoms. The zero-order chi connectivity index (χ0) is 11.3. The monoisotopic (exact) mass is 250 g/mol. The Morgan fingerprint density at radius 1 is 1.73 bits per heavy atom. The number of esters is 1. The molecule has 3 nitrogen and oxygen atoms in total. The van der Waals surface area contributed by atoms with E-state index >= 15 is 0 Å². The smallest absolute Gasteiger partial charge is 0.305 e. The summed E-state index contributed by atoms with van der Waals surface area (Å²) in [6.07, 6.45) is 2.07. The van der Waals surface area contributed by atoms with Crippen molar-refractivity contribution in [2.75, 3.05) is 19.5 Å². The maximum atomic E-state index is 11.1. The Labute approximate surface area is 101 Å². The Balaban J connectivity index is 2.44. The largest absolute Gasteiger partial charge is 0.469 e. The van der Waals surface area contributed by atoms with E-state index in [0.29, 0.717) is 11.7 Å². The molecular weight excluding hydrogens is 232 g/mol. The van der Waals surface area contributed by atoms with E-state index in [4.69, 9.17) is 4.74 Å². The molecule has 2 unspecified atom stereocenters. The third-order valence-corrected chi connectivity index (χ3v) is 4.96. The molecule has 1 rings (SSSR count). The van der Waals surface area contributed by atoms with Crippen molar-refractivity contribution >= 4 is 30.4 Å². The Hall–Kier alpha value is 0.130. The molecule has 1 heterocycles. The topological polar surface area (TPSA) is 35.5 Å². The normalized spacial score (nSPS) is 30.5. The Morgan fingerprint density at radius 2 is 2.47 bits per heavy atom. The molecule has 1 saturated heterocycles. The molecule has 5 heteroatoms. The molecule has 15 heavy (non-hydrogen) atoms.